The summed E-state index contributed by atoms with van der Waals surface area (Å²) in [6.45, 7) is 2.91. The fourth-order valence-corrected chi connectivity index (χ4v) is 6.82. The number of ether oxygens (including phenoxy) is 1. The summed E-state index contributed by atoms with van der Waals surface area (Å²) in [5, 5.41) is 5.11. The van der Waals surface area contributed by atoms with Crippen molar-refractivity contribution in [1.29, 1.82) is 0 Å². The second-order valence-electron chi connectivity index (χ2n) is 11.4. The van der Waals surface area contributed by atoms with Crippen molar-refractivity contribution in [2.24, 2.45) is 5.92 Å². The molecule has 38 heavy (non-hydrogen) atoms. The monoisotopic (exact) mass is 512 g/mol. The fraction of sp³-hybridized carbons (Fsp3) is 0.433. The summed E-state index contributed by atoms with van der Waals surface area (Å²) in [4.78, 5) is 30.4. The number of aromatic nitrogens is 3. The lowest BCUT2D eigenvalue weighted by molar-refractivity contribution is -0.133. The van der Waals surface area contributed by atoms with Gasteiger partial charge in [0.1, 0.15) is 11.2 Å². The lowest BCUT2D eigenvalue weighted by Crippen LogP contribution is -2.44. The van der Waals surface area contributed by atoms with E-state index in [1.54, 1.807) is 11.9 Å². The van der Waals surface area contributed by atoms with Crippen LogP contribution in [-0.4, -0.2) is 39.9 Å². The molecule has 8 heteroatoms. The third kappa shape index (κ3) is 3.50. The molecule has 2 aromatic carbocycles. The number of benzene rings is 2. The number of hydrogen-bond acceptors (Lipinski definition) is 5. The van der Waals surface area contributed by atoms with Crippen LogP contribution in [0.25, 0.3) is 10.9 Å². The van der Waals surface area contributed by atoms with Crippen molar-refractivity contribution in [2.75, 3.05) is 18.6 Å². The standard InChI is InChI=1S/C30H32N4O4/c1-19-17-30(19,27-31-28(36)38-32-27)34-24-10-9-20(21-11-14-37-29(18-21)12-6-13-29)15-22(24)16-25(34)26(35)33(2)23-7-4-3-5-8-23/h3-5,7-10,15-16,19,21H,6,11-14,17-18H2,1-2H3,(H,31,32,36)/t19-,21?,30-/m0/s1. The molecule has 2 aliphatic carbocycles. The Bertz CT molecular complexity index is 1580. The van der Waals surface area contributed by atoms with Crippen LogP contribution in [0.1, 0.15) is 73.2 Å². The maximum Gasteiger partial charge on any atom is 0.438 e. The maximum atomic E-state index is 14.0. The Labute approximate surface area is 220 Å². The summed E-state index contributed by atoms with van der Waals surface area (Å²) >= 11 is 0. The fourth-order valence-electron chi connectivity index (χ4n) is 6.82. The van der Waals surface area contributed by atoms with Gasteiger partial charge in [-0.3, -0.25) is 14.3 Å². The first-order valence-electron chi connectivity index (χ1n) is 13.6. The Kier molecular flexibility index (Phi) is 5.20. The summed E-state index contributed by atoms with van der Waals surface area (Å²) in [6.07, 6.45) is 6.38. The van der Waals surface area contributed by atoms with Gasteiger partial charge >= 0.3 is 5.76 Å². The van der Waals surface area contributed by atoms with Gasteiger partial charge in [0.05, 0.1) is 5.60 Å². The predicted molar refractivity (Wildman–Crippen MR) is 144 cm³/mol. The van der Waals surface area contributed by atoms with Crippen LogP contribution < -0.4 is 10.7 Å². The Balaban J connectivity index is 1.36. The molecule has 3 atom stereocenters. The molecule has 1 spiro atoms. The molecule has 0 radical (unpaired) electrons. The summed E-state index contributed by atoms with van der Waals surface area (Å²) < 4.78 is 13.2. The van der Waals surface area contributed by atoms with E-state index >= 15 is 0 Å². The largest absolute Gasteiger partial charge is 0.438 e. The highest BCUT2D eigenvalue weighted by molar-refractivity contribution is 6.08. The van der Waals surface area contributed by atoms with E-state index < -0.39 is 11.3 Å². The molecule has 3 heterocycles. The second kappa shape index (κ2) is 8.43. The van der Waals surface area contributed by atoms with Crippen molar-refractivity contribution in [1.82, 2.24) is 14.7 Å². The van der Waals surface area contributed by atoms with Crippen LogP contribution in [0.3, 0.4) is 0 Å². The zero-order valence-electron chi connectivity index (χ0n) is 21.8. The molecule has 1 unspecified atom stereocenters. The van der Waals surface area contributed by atoms with E-state index in [1.165, 1.54) is 12.0 Å². The number of fused-ring (bicyclic) bond motifs is 1. The minimum absolute atomic E-state index is 0.0651. The van der Waals surface area contributed by atoms with Crippen molar-refractivity contribution < 1.29 is 14.1 Å². The number of para-hydroxylation sites is 1. The van der Waals surface area contributed by atoms with Gasteiger partial charge in [-0.1, -0.05) is 36.3 Å². The summed E-state index contributed by atoms with van der Waals surface area (Å²) in [5.41, 5.74) is 3.06. The highest BCUT2D eigenvalue weighted by Crippen LogP contribution is 2.56. The van der Waals surface area contributed by atoms with E-state index in [1.807, 2.05) is 36.4 Å². The Morgan fingerprint density at radius 1 is 1.13 bits per heavy atom. The predicted octanol–water partition coefficient (Wildman–Crippen LogP) is 5.19. The van der Waals surface area contributed by atoms with Gasteiger partial charge in [0.2, 0.25) is 0 Å². The van der Waals surface area contributed by atoms with Gasteiger partial charge in [-0.05, 0) is 86.3 Å². The summed E-state index contributed by atoms with van der Waals surface area (Å²) in [7, 11) is 1.80. The SMILES string of the molecule is C[C@H]1C[C@]1(c1noc(=O)[nH]1)n1c(C(=O)N(C)c2ccccc2)cc2cc(C3CCOC4(CCC4)C3)ccc21. The van der Waals surface area contributed by atoms with Gasteiger partial charge in [0.25, 0.3) is 5.91 Å². The number of aromatic amines is 1. The van der Waals surface area contributed by atoms with Gasteiger partial charge in [0.15, 0.2) is 5.82 Å². The molecule has 1 saturated heterocycles. The zero-order chi connectivity index (χ0) is 26.1. The Morgan fingerprint density at radius 2 is 1.92 bits per heavy atom. The maximum absolute atomic E-state index is 14.0. The molecule has 2 aromatic heterocycles. The van der Waals surface area contributed by atoms with Crippen molar-refractivity contribution in [3.8, 4) is 0 Å². The quantitative estimate of drug-likeness (QED) is 0.397. The molecule has 4 aromatic rings. The van der Waals surface area contributed by atoms with Crippen molar-refractivity contribution in [3.05, 3.63) is 82.2 Å². The first-order valence-corrected chi connectivity index (χ1v) is 13.6. The van der Waals surface area contributed by atoms with Crippen molar-refractivity contribution >= 4 is 22.5 Å². The lowest BCUT2D eigenvalue weighted by atomic mass is 9.70. The molecule has 1 aliphatic heterocycles. The van der Waals surface area contributed by atoms with Crippen LogP contribution in [0.4, 0.5) is 5.69 Å². The molecule has 0 bridgehead atoms. The summed E-state index contributed by atoms with van der Waals surface area (Å²) in [5.74, 6) is 0.378. The Hall–Kier alpha value is -3.65. The molecule has 1 amide bonds. The highest BCUT2D eigenvalue weighted by atomic mass is 16.5. The van der Waals surface area contributed by atoms with E-state index in [2.05, 4.69) is 39.8 Å². The van der Waals surface area contributed by atoms with Crippen LogP contribution in [-0.2, 0) is 10.3 Å². The highest BCUT2D eigenvalue weighted by Gasteiger charge is 2.59. The van der Waals surface area contributed by atoms with Crippen molar-refractivity contribution in [3.63, 3.8) is 0 Å². The molecular formula is C30H32N4O4. The second-order valence-corrected chi connectivity index (χ2v) is 11.4. The molecule has 1 N–H and O–H groups in total. The number of hydrogen-bond donors (Lipinski definition) is 1. The average molecular weight is 513 g/mol. The number of nitrogens with one attached hydrogen (secondary N) is 1. The van der Waals surface area contributed by atoms with Crippen LogP contribution >= 0.6 is 0 Å². The number of H-pyrrole nitrogens is 1. The third-order valence-corrected chi connectivity index (χ3v) is 9.24. The minimum atomic E-state index is -0.646. The van der Waals surface area contributed by atoms with E-state index in [-0.39, 0.29) is 17.4 Å². The number of carbonyl (C=O) groups excluding carboxylic acids is 1. The number of amides is 1. The number of nitrogens with zero attached hydrogens (tertiary/aromatic N) is 3. The molecular weight excluding hydrogens is 480 g/mol. The first kappa shape index (κ1) is 23.5. The van der Waals surface area contributed by atoms with Gasteiger partial charge in [-0.25, -0.2) is 4.79 Å². The van der Waals surface area contributed by atoms with E-state index in [4.69, 9.17) is 9.26 Å². The van der Waals surface area contributed by atoms with Crippen LogP contribution in [0.15, 0.2) is 63.9 Å². The van der Waals surface area contributed by atoms with E-state index in [9.17, 15) is 9.59 Å². The van der Waals surface area contributed by atoms with Gasteiger partial charge < -0.3 is 14.2 Å². The van der Waals surface area contributed by atoms with Gasteiger partial charge in [-0.15, -0.1) is 0 Å². The lowest BCUT2D eigenvalue weighted by Gasteiger charge is -2.47. The van der Waals surface area contributed by atoms with E-state index in [0.29, 0.717) is 17.4 Å². The number of carbonyl (C=O) groups is 1. The first-order chi connectivity index (χ1) is 18.4. The number of rotatable bonds is 5. The zero-order valence-corrected chi connectivity index (χ0v) is 21.8. The normalized spacial score (nSPS) is 25.8. The van der Waals surface area contributed by atoms with Gasteiger partial charge in [-0.2, -0.15) is 0 Å². The molecule has 2 saturated carbocycles. The molecule has 7 rings (SSSR count). The molecule has 3 aliphatic rings. The average Bonchev–Trinajstić information content (AvgIpc) is 3.24. The number of anilines is 1. The summed E-state index contributed by atoms with van der Waals surface area (Å²) in [6, 6.07) is 18.2. The molecule has 196 valence electrons. The van der Waals surface area contributed by atoms with Gasteiger partial charge in [0, 0.05) is 30.2 Å². The van der Waals surface area contributed by atoms with Crippen LogP contribution in [0.2, 0.25) is 0 Å². The van der Waals surface area contributed by atoms with Crippen LogP contribution in [0.5, 0.6) is 0 Å². The topological polar surface area (TPSA) is 93.4 Å². The third-order valence-electron chi connectivity index (χ3n) is 9.24. The smallest absolute Gasteiger partial charge is 0.375 e. The minimum Gasteiger partial charge on any atom is -0.375 e. The Morgan fingerprint density at radius 3 is 2.58 bits per heavy atom. The van der Waals surface area contributed by atoms with E-state index in [0.717, 1.165) is 55.3 Å². The van der Waals surface area contributed by atoms with Crippen molar-refractivity contribution in [2.45, 2.75) is 62.5 Å². The molecule has 8 nitrogen and oxygen atoms in total. The van der Waals surface area contributed by atoms with Crippen LogP contribution in [0, 0.1) is 5.92 Å². The molecule has 3 fully saturated rings.